The number of aryl methyl sites for hydroxylation is 2. The molecule has 0 saturated carbocycles. The van der Waals surface area contributed by atoms with Crippen molar-refractivity contribution >= 4 is 0 Å². The number of nitrogens with two attached hydrogens (primary N) is 1. The van der Waals surface area contributed by atoms with Crippen molar-refractivity contribution in [2.24, 2.45) is 11.7 Å². The van der Waals surface area contributed by atoms with Crippen LogP contribution in [0.5, 0.6) is 0 Å². The van der Waals surface area contributed by atoms with Crippen molar-refractivity contribution in [3.8, 4) is 0 Å². The monoisotopic (exact) mass is 246 g/mol. The van der Waals surface area contributed by atoms with Crippen molar-refractivity contribution in [2.75, 3.05) is 13.1 Å². The number of benzene rings is 1. The molecule has 2 unspecified atom stereocenters. The van der Waals surface area contributed by atoms with E-state index in [1.54, 1.807) is 0 Å². The van der Waals surface area contributed by atoms with E-state index in [-0.39, 0.29) is 0 Å². The molecule has 0 radical (unpaired) electrons. The number of rotatable bonds is 3. The van der Waals surface area contributed by atoms with Crippen LogP contribution < -0.4 is 5.73 Å². The zero-order valence-electron chi connectivity index (χ0n) is 11.9. The summed E-state index contributed by atoms with van der Waals surface area (Å²) in [6.07, 6.45) is 2.58. The lowest BCUT2D eigenvalue weighted by Crippen LogP contribution is -2.42. The second-order valence-corrected chi connectivity index (χ2v) is 5.87. The van der Waals surface area contributed by atoms with Gasteiger partial charge in [-0.2, -0.15) is 0 Å². The van der Waals surface area contributed by atoms with E-state index in [9.17, 15) is 0 Å². The first-order valence-corrected chi connectivity index (χ1v) is 7.11. The topological polar surface area (TPSA) is 29.3 Å². The summed E-state index contributed by atoms with van der Waals surface area (Å²) in [5.41, 5.74) is 10.4. The highest BCUT2D eigenvalue weighted by molar-refractivity contribution is 5.33. The summed E-state index contributed by atoms with van der Waals surface area (Å²) in [6, 6.07) is 6.91. The first-order chi connectivity index (χ1) is 8.58. The zero-order valence-corrected chi connectivity index (χ0v) is 11.9. The number of likely N-dealkylation sites (tertiary alicyclic amines) is 1. The van der Waals surface area contributed by atoms with E-state index >= 15 is 0 Å². The van der Waals surface area contributed by atoms with Gasteiger partial charge in [0.05, 0.1) is 0 Å². The van der Waals surface area contributed by atoms with Crippen molar-refractivity contribution in [3.05, 3.63) is 34.9 Å². The molecule has 1 aromatic carbocycles. The maximum absolute atomic E-state index is 6.06. The molecule has 1 aliphatic rings. The highest BCUT2D eigenvalue weighted by Gasteiger charge is 2.23. The third kappa shape index (κ3) is 3.12. The van der Waals surface area contributed by atoms with E-state index in [4.69, 9.17) is 5.73 Å². The van der Waals surface area contributed by atoms with Gasteiger partial charge in [-0.25, -0.2) is 0 Å². The van der Waals surface area contributed by atoms with Crippen molar-refractivity contribution in [2.45, 2.75) is 46.2 Å². The molecule has 0 bridgehead atoms. The molecule has 1 aliphatic heterocycles. The summed E-state index contributed by atoms with van der Waals surface area (Å²) in [7, 11) is 0. The molecule has 2 atom stereocenters. The number of hydrogen-bond acceptors (Lipinski definition) is 2. The normalized spacial score (nSPS) is 23.0. The van der Waals surface area contributed by atoms with Gasteiger partial charge in [0.1, 0.15) is 0 Å². The Morgan fingerprint density at radius 3 is 2.61 bits per heavy atom. The van der Waals surface area contributed by atoms with Gasteiger partial charge in [0, 0.05) is 19.1 Å². The minimum absolute atomic E-state index is 0.325. The highest BCUT2D eigenvalue weighted by Crippen LogP contribution is 2.22. The van der Waals surface area contributed by atoms with Gasteiger partial charge in [0.2, 0.25) is 0 Å². The summed E-state index contributed by atoms with van der Waals surface area (Å²) in [5.74, 6) is 0.670. The summed E-state index contributed by atoms with van der Waals surface area (Å²) in [4.78, 5) is 2.58. The van der Waals surface area contributed by atoms with Crippen LogP contribution in [0.4, 0.5) is 0 Å². The second kappa shape index (κ2) is 5.85. The van der Waals surface area contributed by atoms with Crippen LogP contribution in [0.1, 0.15) is 36.5 Å². The second-order valence-electron chi connectivity index (χ2n) is 5.87. The van der Waals surface area contributed by atoms with Gasteiger partial charge >= 0.3 is 0 Å². The average Bonchev–Trinajstić information content (AvgIpc) is 2.34. The van der Waals surface area contributed by atoms with Crippen molar-refractivity contribution < 1.29 is 0 Å². The van der Waals surface area contributed by atoms with Crippen LogP contribution in [0.2, 0.25) is 0 Å². The van der Waals surface area contributed by atoms with E-state index in [2.05, 4.69) is 43.9 Å². The molecular weight excluding hydrogens is 220 g/mol. The fraction of sp³-hybridized carbons (Fsp3) is 0.625. The van der Waals surface area contributed by atoms with Crippen LogP contribution in [0.3, 0.4) is 0 Å². The van der Waals surface area contributed by atoms with Crippen LogP contribution in [-0.2, 0) is 6.54 Å². The summed E-state index contributed by atoms with van der Waals surface area (Å²) >= 11 is 0. The molecule has 2 heteroatoms. The van der Waals surface area contributed by atoms with E-state index in [0.29, 0.717) is 12.0 Å². The first kappa shape index (κ1) is 13.6. The quantitative estimate of drug-likeness (QED) is 0.888. The minimum Gasteiger partial charge on any atom is -0.328 e. The predicted molar refractivity (Wildman–Crippen MR) is 77.6 cm³/mol. The maximum Gasteiger partial charge on any atom is 0.0239 e. The number of piperidine rings is 1. The Bertz CT molecular complexity index is 378. The molecular formula is C16H26N2. The molecule has 0 amide bonds. The van der Waals surface area contributed by atoms with Gasteiger partial charge in [-0.15, -0.1) is 0 Å². The SMILES string of the molecule is Cc1cccc(C)c1CN1CCCC(C(C)N)C1. The third-order valence-corrected chi connectivity index (χ3v) is 4.31. The molecule has 1 aromatic rings. The highest BCUT2D eigenvalue weighted by atomic mass is 15.1. The van der Waals surface area contributed by atoms with Crippen molar-refractivity contribution in [3.63, 3.8) is 0 Å². The molecule has 2 nitrogen and oxygen atoms in total. The Hall–Kier alpha value is -0.860. The molecule has 1 heterocycles. The lowest BCUT2D eigenvalue weighted by molar-refractivity contribution is 0.154. The minimum atomic E-state index is 0.325. The van der Waals surface area contributed by atoms with Gasteiger partial charge in [0.15, 0.2) is 0 Å². The fourth-order valence-electron chi connectivity index (χ4n) is 2.99. The number of nitrogens with zero attached hydrogens (tertiary/aromatic N) is 1. The standard InChI is InChI=1S/C16H26N2/c1-12-6-4-7-13(2)16(12)11-18-9-5-8-15(10-18)14(3)17/h4,6-7,14-15H,5,8-11,17H2,1-3H3. The Kier molecular flexibility index (Phi) is 4.41. The van der Waals surface area contributed by atoms with Crippen LogP contribution in [0, 0.1) is 19.8 Å². The first-order valence-electron chi connectivity index (χ1n) is 7.11. The number of hydrogen-bond donors (Lipinski definition) is 1. The average molecular weight is 246 g/mol. The van der Waals surface area contributed by atoms with Gasteiger partial charge < -0.3 is 5.73 Å². The van der Waals surface area contributed by atoms with Crippen LogP contribution in [0.25, 0.3) is 0 Å². The summed E-state index contributed by atoms with van der Waals surface area (Å²) in [6.45, 7) is 10.0. The lowest BCUT2D eigenvalue weighted by Gasteiger charge is -2.35. The third-order valence-electron chi connectivity index (χ3n) is 4.31. The molecule has 1 fully saturated rings. The van der Waals surface area contributed by atoms with Crippen molar-refractivity contribution in [1.82, 2.24) is 4.90 Å². The van der Waals surface area contributed by atoms with Gasteiger partial charge in [-0.05, 0) is 62.8 Å². The van der Waals surface area contributed by atoms with E-state index in [1.165, 1.54) is 36.1 Å². The lowest BCUT2D eigenvalue weighted by atomic mass is 9.91. The molecule has 2 N–H and O–H groups in total. The molecule has 0 aromatic heterocycles. The summed E-state index contributed by atoms with van der Waals surface area (Å²) < 4.78 is 0. The fourth-order valence-corrected chi connectivity index (χ4v) is 2.99. The van der Waals surface area contributed by atoms with Crippen LogP contribution in [0.15, 0.2) is 18.2 Å². The van der Waals surface area contributed by atoms with Gasteiger partial charge in [-0.3, -0.25) is 4.90 Å². The predicted octanol–water partition coefficient (Wildman–Crippen LogP) is 2.86. The molecule has 18 heavy (non-hydrogen) atoms. The molecule has 1 saturated heterocycles. The van der Waals surface area contributed by atoms with E-state index in [1.807, 2.05) is 0 Å². The van der Waals surface area contributed by atoms with Gasteiger partial charge in [0.25, 0.3) is 0 Å². The Morgan fingerprint density at radius 1 is 1.33 bits per heavy atom. The maximum atomic E-state index is 6.06. The largest absolute Gasteiger partial charge is 0.328 e. The van der Waals surface area contributed by atoms with Crippen LogP contribution in [-0.4, -0.2) is 24.0 Å². The Morgan fingerprint density at radius 2 is 2.00 bits per heavy atom. The van der Waals surface area contributed by atoms with Crippen molar-refractivity contribution in [1.29, 1.82) is 0 Å². The van der Waals surface area contributed by atoms with E-state index < -0.39 is 0 Å². The molecule has 0 spiro atoms. The Labute approximate surface area is 111 Å². The van der Waals surface area contributed by atoms with Crippen LogP contribution >= 0.6 is 0 Å². The van der Waals surface area contributed by atoms with E-state index in [0.717, 1.165) is 13.1 Å². The smallest absolute Gasteiger partial charge is 0.0239 e. The molecule has 100 valence electrons. The summed E-state index contributed by atoms with van der Waals surface area (Å²) in [5, 5.41) is 0. The molecule has 2 rings (SSSR count). The molecule has 0 aliphatic carbocycles. The van der Waals surface area contributed by atoms with Gasteiger partial charge in [-0.1, -0.05) is 18.2 Å². The zero-order chi connectivity index (χ0) is 13.1. The Balaban J connectivity index is 2.05.